The third-order valence-corrected chi connectivity index (χ3v) is 5.11. The normalized spacial score (nSPS) is 16.9. The Balaban J connectivity index is 1.85. The van der Waals surface area contributed by atoms with Gasteiger partial charge in [-0.1, -0.05) is 65.8 Å². The van der Waals surface area contributed by atoms with Crippen LogP contribution in [0, 0.1) is 0 Å². The Hall–Kier alpha value is -1.91. The minimum absolute atomic E-state index is 0.236. The Labute approximate surface area is 167 Å². The molecule has 0 spiro atoms. The molecule has 26 heavy (non-hydrogen) atoms. The van der Waals surface area contributed by atoms with Gasteiger partial charge in [0.1, 0.15) is 11.1 Å². The fourth-order valence-electron chi connectivity index (χ4n) is 3.17. The predicted octanol–water partition coefficient (Wildman–Crippen LogP) is 6.58. The van der Waals surface area contributed by atoms with E-state index in [0.29, 0.717) is 21.6 Å². The molecule has 4 rings (SSSR count). The zero-order valence-corrected chi connectivity index (χ0v) is 16.1. The second kappa shape index (κ2) is 7.37. The molecule has 0 amide bonds. The minimum atomic E-state index is -0.236. The lowest BCUT2D eigenvalue weighted by Gasteiger charge is -2.25. The second-order valence-corrected chi connectivity index (χ2v) is 7.35. The Morgan fingerprint density at radius 2 is 1.65 bits per heavy atom. The molecule has 0 bridgehead atoms. The molecule has 130 valence electrons. The number of thiocarbonyl (C=S) groups is 1. The molecular weight excluding hydrogens is 385 g/mol. The molecule has 3 aromatic rings. The van der Waals surface area contributed by atoms with Gasteiger partial charge in [-0.15, -0.1) is 0 Å². The first kappa shape index (κ1) is 17.5. The summed E-state index contributed by atoms with van der Waals surface area (Å²) in [5.41, 5.74) is 4.01. The molecule has 1 heterocycles. The number of hydrogen-bond acceptors (Lipinski definition) is 2. The Kier molecular flexibility index (Phi) is 4.96. The van der Waals surface area contributed by atoms with Crippen molar-refractivity contribution in [2.75, 3.05) is 11.5 Å². The molecule has 1 atom stereocenters. The summed E-state index contributed by atoms with van der Waals surface area (Å²) in [6, 6.07) is 23.5. The van der Waals surface area contributed by atoms with E-state index < -0.39 is 0 Å². The third kappa shape index (κ3) is 3.36. The summed E-state index contributed by atoms with van der Waals surface area (Å²) >= 11 is 17.9. The highest BCUT2D eigenvalue weighted by Crippen LogP contribution is 2.40. The summed E-state index contributed by atoms with van der Waals surface area (Å²) in [7, 11) is 0. The van der Waals surface area contributed by atoms with E-state index in [1.54, 1.807) is 0 Å². The first-order chi connectivity index (χ1) is 12.6. The van der Waals surface area contributed by atoms with Crippen molar-refractivity contribution in [1.29, 1.82) is 0 Å². The maximum Gasteiger partial charge on any atom is 0.113 e. The molecular formula is C21H15Cl2NOS. The van der Waals surface area contributed by atoms with E-state index in [1.807, 2.05) is 65.6 Å². The lowest BCUT2D eigenvalue weighted by atomic mass is 9.99. The van der Waals surface area contributed by atoms with E-state index in [2.05, 4.69) is 12.1 Å². The van der Waals surface area contributed by atoms with Gasteiger partial charge in [-0.05, 0) is 48.0 Å². The van der Waals surface area contributed by atoms with Crippen molar-refractivity contribution < 1.29 is 4.74 Å². The van der Waals surface area contributed by atoms with E-state index in [1.165, 1.54) is 0 Å². The lowest BCUT2D eigenvalue weighted by molar-refractivity contribution is 0.116. The highest BCUT2D eigenvalue weighted by molar-refractivity contribution is 7.80. The first-order valence-electron chi connectivity index (χ1n) is 8.18. The van der Waals surface area contributed by atoms with Gasteiger partial charge < -0.3 is 9.64 Å². The SMILES string of the molecule is S=C1COC(c2cccc(Cl)c2)c2ccccc2N1c1ccc(Cl)cc1. The van der Waals surface area contributed by atoms with Crippen LogP contribution >= 0.6 is 35.4 Å². The molecule has 0 saturated heterocycles. The van der Waals surface area contributed by atoms with Crippen LogP contribution in [0.3, 0.4) is 0 Å². The van der Waals surface area contributed by atoms with Gasteiger partial charge in [0.05, 0.1) is 12.3 Å². The average Bonchev–Trinajstić information content (AvgIpc) is 2.79. The smallest absolute Gasteiger partial charge is 0.113 e. The number of para-hydroxylation sites is 1. The van der Waals surface area contributed by atoms with Crippen LogP contribution in [0.1, 0.15) is 17.2 Å². The van der Waals surface area contributed by atoms with Crippen molar-refractivity contribution in [3.63, 3.8) is 0 Å². The van der Waals surface area contributed by atoms with E-state index in [0.717, 1.165) is 22.5 Å². The average molecular weight is 400 g/mol. The van der Waals surface area contributed by atoms with Crippen LogP contribution in [0.15, 0.2) is 72.8 Å². The van der Waals surface area contributed by atoms with E-state index in [9.17, 15) is 0 Å². The van der Waals surface area contributed by atoms with Crippen molar-refractivity contribution in [3.05, 3.63) is 94.0 Å². The molecule has 5 heteroatoms. The largest absolute Gasteiger partial charge is 0.362 e. The number of nitrogens with zero attached hydrogens (tertiary/aromatic N) is 1. The quantitative estimate of drug-likeness (QED) is 0.451. The first-order valence-corrected chi connectivity index (χ1v) is 9.34. The van der Waals surface area contributed by atoms with Gasteiger partial charge in [-0.2, -0.15) is 0 Å². The Bertz CT molecular complexity index is 958. The molecule has 1 unspecified atom stereocenters. The second-order valence-electron chi connectivity index (χ2n) is 6.01. The van der Waals surface area contributed by atoms with Crippen molar-refractivity contribution in [2.45, 2.75) is 6.10 Å². The summed E-state index contributed by atoms with van der Waals surface area (Å²) in [5.74, 6) is 0. The minimum Gasteiger partial charge on any atom is -0.362 e. The van der Waals surface area contributed by atoms with Crippen LogP contribution in [0.25, 0.3) is 0 Å². The molecule has 0 fully saturated rings. The fourth-order valence-corrected chi connectivity index (χ4v) is 3.77. The molecule has 1 aliphatic rings. The highest BCUT2D eigenvalue weighted by Gasteiger charge is 2.28. The van der Waals surface area contributed by atoms with Gasteiger partial charge in [0.25, 0.3) is 0 Å². The van der Waals surface area contributed by atoms with Gasteiger partial charge in [0.2, 0.25) is 0 Å². The molecule has 0 radical (unpaired) electrons. The highest BCUT2D eigenvalue weighted by atomic mass is 35.5. The molecule has 0 N–H and O–H groups in total. The van der Waals surface area contributed by atoms with E-state index in [4.69, 9.17) is 40.2 Å². The van der Waals surface area contributed by atoms with Gasteiger partial charge in [-0.3, -0.25) is 0 Å². The van der Waals surface area contributed by atoms with Crippen LogP contribution in [0.5, 0.6) is 0 Å². The van der Waals surface area contributed by atoms with Crippen LogP contribution in [-0.4, -0.2) is 11.6 Å². The summed E-state index contributed by atoms with van der Waals surface area (Å²) in [6.45, 7) is 0.337. The van der Waals surface area contributed by atoms with E-state index in [-0.39, 0.29) is 6.10 Å². The standard InChI is InChI=1S/C21H15Cl2NOS/c22-15-8-10-17(11-9-15)24-19-7-2-1-6-18(19)21(25-13-20(24)26)14-4-3-5-16(23)12-14/h1-12,21H,13H2. The number of rotatable bonds is 2. The number of anilines is 2. The number of ether oxygens (including phenoxy) is 1. The van der Waals surface area contributed by atoms with Crippen LogP contribution in [-0.2, 0) is 4.74 Å². The number of fused-ring (bicyclic) bond motifs is 1. The van der Waals surface area contributed by atoms with Gasteiger partial charge in [0.15, 0.2) is 0 Å². The maximum atomic E-state index is 6.20. The van der Waals surface area contributed by atoms with Crippen LogP contribution < -0.4 is 4.90 Å². The Morgan fingerprint density at radius 3 is 2.42 bits per heavy atom. The van der Waals surface area contributed by atoms with Crippen molar-refractivity contribution in [3.8, 4) is 0 Å². The zero-order valence-electron chi connectivity index (χ0n) is 13.7. The third-order valence-electron chi connectivity index (χ3n) is 4.32. The van der Waals surface area contributed by atoms with Crippen LogP contribution in [0.4, 0.5) is 11.4 Å². The van der Waals surface area contributed by atoms with Crippen molar-refractivity contribution in [2.24, 2.45) is 0 Å². The lowest BCUT2D eigenvalue weighted by Crippen LogP contribution is -2.26. The number of benzene rings is 3. The molecule has 2 nitrogen and oxygen atoms in total. The predicted molar refractivity (Wildman–Crippen MR) is 112 cm³/mol. The maximum absolute atomic E-state index is 6.20. The molecule has 1 aliphatic heterocycles. The molecule has 0 aromatic heterocycles. The zero-order chi connectivity index (χ0) is 18.1. The van der Waals surface area contributed by atoms with Gasteiger partial charge >= 0.3 is 0 Å². The van der Waals surface area contributed by atoms with Gasteiger partial charge in [0, 0.05) is 21.3 Å². The molecule has 0 saturated carbocycles. The van der Waals surface area contributed by atoms with Gasteiger partial charge in [-0.25, -0.2) is 0 Å². The summed E-state index contributed by atoms with van der Waals surface area (Å²) in [4.78, 5) is 2.75. The Morgan fingerprint density at radius 1 is 0.885 bits per heavy atom. The van der Waals surface area contributed by atoms with Crippen molar-refractivity contribution >= 4 is 51.8 Å². The summed E-state index contributed by atoms with van der Waals surface area (Å²) in [5, 5.41) is 1.38. The molecule has 3 aromatic carbocycles. The summed E-state index contributed by atoms with van der Waals surface area (Å²) < 4.78 is 6.19. The monoisotopic (exact) mass is 399 g/mol. The van der Waals surface area contributed by atoms with E-state index >= 15 is 0 Å². The fraction of sp³-hybridized carbons (Fsp3) is 0.0952. The van der Waals surface area contributed by atoms with Crippen LogP contribution in [0.2, 0.25) is 10.0 Å². The topological polar surface area (TPSA) is 12.5 Å². The number of halogens is 2. The molecule has 0 aliphatic carbocycles. The number of hydrogen-bond donors (Lipinski definition) is 0. The van der Waals surface area contributed by atoms with Crippen molar-refractivity contribution in [1.82, 2.24) is 0 Å². The summed E-state index contributed by atoms with van der Waals surface area (Å²) in [6.07, 6.45) is -0.236.